The zero-order valence-corrected chi connectivity index (χ0v) is 11.2. The van der Waals surface area contributed by atoms with Crippen molar-refractivity contribution in [3.63, 3.8) is 0 Å². The average molecular weight is 273 g/mol. The van der Waals surface area contributed by atoms with Crippen molar-refractivity contribution in [1.82, 2.24) is 4.98 Å². The van der Waals surface area contributed by atoms with Crippen LogP contribution in [0.2, 0.25) is 5.15 Å². The lowest BCUT2D eigenvalue weighted by Crippen LogP contribution is -1.99. The largest absolute Gasteiger partial charge is 0.459 e. The fourth-order valence-electron chi connectivity index (χ4n) is 1.97. The standard InChI is InChI=1S/C15H13ClN2O/c1-10-6-12(8-18-15(10)16)17-9-13-7-11-4-2-3-5-14(11)19-13/h2-8,17H,9H2,1H3. The second kappa shape index (κ2) is 4.94. The molecule has 0 saturated heterocycles. The highest BCUT2D eigenvalue weighted by Gasteiger charge is 2.03. The second-order valence-electron chi connectivity index (χ2n) is 4.44. The number of nitrogens with one attached hydrogen (secondary N) is 1. The number of benzene rings is 1. The van der Waals surface area contributed by atoms with Gasteiger partial charge in [-0.2, -0.15) is 0 Å². The van der Waals surface area contributed by atoms with E-state index in [1.165, 1.54) is 0 Å². The maximum absolute atomic E-state index is 5.89. The molecular weight excluding hydrogens is 260 g/mol. The predicted octanol–water partition coefficient (Wildman–Crippen LogP) is 4.40. The van der Waals surface area contributed by atoms with Gasteiger partial charge in [0, 0.05) is 5.39 Å². The number of hydrogen-bond acceptors (Lipinski definition) is 3. The van der Waals surface area contributed by atoms with E-state index < -0.39 is 0 Å². The van der Waals surface area contributed by atoms with Crippen molar-refractivity contribution in [3.8, 4) is 0 Å². The number of anilines is 1. The molecule has 0 saturated carbocycles. The first kappa shape index (κ1) is 12.1. The van der Waals surface area contributed by atoms with Gasteiger partial charge < -0.3 is 9.73 Å². The van der Waals surface area contributed by atoms with Crippen LogP contribution >= 0.6 is 11.6 Å². The van der Waals surface area contributed by atoms with E-state index in [0.29, 0.717) is 11.7 Å². The first-order chi connectivity index (χ1) is 9.22. The monoisotopic (exact) mass is 272 g/mol. The number of aryl methyl sites for hydroxylation is 1. The lowest BCUT2D eigenvalue weighted by molar-refractivity contribution is 0.559. The lowest BCUT2D eigenvalue weighted by atomic mass is 10.2. The van der Waals surface area contributed by atoms with Gasteiger partial charge in [-0.1, -0.05) is 29.8 Å². The van der Waals surface area contributed by atoms with Crippen molar-refractivity contribution in [2.75, 3.05) is 5.32 Å². The van der Waals surface area contributed by atoms with Crippen LogP contribution in [-0.2, 0) is 6.54 Å². The highest BCUT2D eigenvalue weighted by Crippen LogP contribution is 2.21. The molecule has 0 bridgehead atoms. The van der Waals surface area contributed by atoms with E-state index in [4.69, 9.17) is 16.0 Å². The molecule has 0 amide bonds. The van der Waals surface area contributed by atoms with Gasteiger partial charge in [0.05, 0.1) is 18.4 Å². The van der Waals surface area contributed by atoms with Crippen molar-refractivity contribution in [2.24, 2.45) is 0 Å². The number of furan rings is 1. The molecule has 0 fully saturated rings. The molecule has 1 N–H and O–H groups in total. The Morgan fingerprint density at radius 3 is 2.89 bits per heavy atom. The molecule has 4 heteroatoms. The van der Waals surface area contributed by atoms with E-state index in [9.17, 15) is 0 Å². The third-order valence-electron chi connectivity index (χ3n) is 2.96. The predicted molar refractivity (Wildman–Crippen MR) is 77.5 cm³/mol. The zero-order valence-electron chi connectivity index (χ0n) is 10.5. The summed E-state index contributed by atoms with van der Waals surface area (Å²) < 4.78 is 5.73. The van der Waals surface area contributed by atoms with Crippen LogP contribution in [0.1, 0.15) is 11.3 Å². The van der Waals surface area contributed by atoms with E-state index in [1.807, 2.05) is 43.3 Å². The molecule has 0 atom stereocenters. The number of fused-ring (bicyclic) bond motifs is 1. The van der Waals surface area contributed by atoms with Crippen LogP contribution in [0.15, 0.2) is 47.0 Å². The smallest absolute Gasteiger partial charge is 0.134 e. The Labute approximate surface area is 116 Å². The Balaban J connectivity index is 1.76. The molecule has 0 spiro atoms. The molecule has 0 aliphatic rings. The average Bonchev–Trinajstić information content (AvgIpc) is 2.83. The molecule has 0 unspecified atom stereocenters. The Morgan fingerprint density at radius 1 is 1.26 bits per heavy atom. The number of para-hydroxylation sites is 1. The second-order valence-corrected chi connectivity index (χ2v) is 4.79. The van der Waals surface area contributed by atoms with Gasteiger partial charge >= 0.3 is 0 Å². The van der Waals surface area contributed by atoms with Crippen LogP contribution in [0, 0.1) is 6.92 Å². The van der Waals surface area contributed by atoms with Crippen LogP contribution < -0.4 is 5.32 Å². The van der Waals surface area contributed by atoms with Crippen molar-refractivity contribution >= 4 is 28.3 Å². The summed E-state index contributed by atoms with van der Waals surface area (Å²) in [7, 11) is 0. The van der Waals surface area contributed by atoms with E-state index in [0.717, 1.165) is 28.0 Å². The molecule has 0 aliphatic heterocycles. The number of rotatable bonds is 3. The number of halogens is 1. The molecule has 2 heterocycles. The topological polar surface area (TPSA) is 38.1 Å². The Morgan fingerprint density at radius 2 is 2.11 bits per heavy atom. The van der Waals surface area contributed by atoms with Gasteiger partial charge in [0.15, 0.2) is 0 Å². The summed E-state index contributed by atoms with van der Waals surface area (Å²) in [4.78, 5) is 4.11. The van der Waals surface area contributed by atoms with Crippen LogP contribution in [0.25, 0.3) is 11.0 Å². The van der Waals surface area contributed by atoms with E-state index >= 15 is 0 Å². The maximum atomic E-state index is 5.89. The summed E-state index contributed by atoms with van der Waals surface area (Å²) in [6.45, 7) is 2.55. The fourth-order valence-corrected chi connectivity index (χ4v) is 2.07. The van der Waals surface area contributed by atoms with Crippen molar-refractivity contribution in [1.29, 1.82) is 0 Å². The highest BCUT2D eigenvalue weighted by atomic mass is 35.5. The van der Waals surface area contributed by atoms with Gasteiger partial charge in [0.25, 0.3) is 0 Å². The van der Waals surface area contributed by atoms with E-state index in [1.54, 1.807) is 6.20 Å². The molecule has 1 aromatic carbocycles. The summed E-state index contributed by atoms with van der Waals surface area (Å²) in [5.74, 6) is 0.897. The molecule has 3 rings (SSSR count). The van der Waals surface area contributed by atoms with Gasteiger partial charge in [-0.3, -0.25) is 0 Å². The quantitative estimate of drug-likeness (QED) is 0.718. The minimum Gasteiger partial charge on any atom is -0.459 e. The highest BCUT2D eigenvalue weighted by molar-refractivity contribution is 6.30. The molecule has 2 aromatic heterocycles. The van der Waals surface area contributed by atoms with Gasteiger partial charge in [-0.25, -0.2) is 4.98 Å². The first-order valence-corrected chi connectivity index (χ1v) is 6.43. The molecular formula is C15H13ClN2O. The van der Waals surface area contributed by atoms with Gasteiger partial charge in [0.2, 0.25) is 0 Å². The number of hydrogen-bond donors (Lipinski definition) is 1. The van der Waals surface area contributed by atoms with Crippen LogP contribution in [0.4, 0.5) is 5.69 Å². The van der Waals surface area contributed by atoms with E-state index in [2.05, 4.69) is 10.3 Å². The van der Waals surface area contributed by atoms with Crippen LogP contribution in [0.3, 0.4) is 0 Å². The number of aromatic nitrogens is 1. The molecule has 96 valence electrons. The fraction of sp³-hybridized carbons (Fsp3) is 0.133. The molecule has 19 heavy (non-hydrogen) atoms. The Hall–Kier alpha value is -2.00. The molecule has 3 nitrogen and oxygen atoms in total. The molecule has 3 aromatic rings. The van der Waals surface area contributed by atoms with Gasteiger partial charge in [-0.15, -0.1) is 0 Å². The Bertz CT molecular complexity index is 688. The lowest BCUT2D eigenvalue weighted by Gasteiger charge is -2.05. The van der Waals surface area contributed by atoms with E-state index in [-0.39, 0.29) is 0 Å². The van der Waals surface area contributed by atoms with Crippen LogP contribution in [-0.4, -0.2) is 4.98 Å². The van der Waals surface area contributed by atoms with Crippen molar-refractivity contribution in [3.05, 3.63) is 59.1 Å². The first-order valence-electron chi connectivity index (χ1n) is 6.06. The summed E-state index contributed by atoms with van der Waals surface area (Å²) in [6.07, 6.45) is 1.72. The molecule has 0 radical (unpaired) electrons. The van der Waals surface area contributed by atoms with Crippen molar-refractivity contribution in [2.45, 2.75) is 13.5 Å². The summed E-state index contributed by atoms with van der Waals surface area (Å²) >= 11 is 5.89. The van der Waals surface area contributed by atoms with Gasteiger partial charge in [0.1, 0.15) is 16.5 Å². The van der Waals surface area contributed by atoms with Crippen molar-refractivity contribution < 1.29 is 4.42 Å². The minimum absolute atomic E-state index is 0.536. The zero-order chi connectivity index (χ0) is 13.2. The SMILES string of the molecule is Cc1cc(NCc2cc3ccccc3o2)cnc1Cl. The summed E-state index contributed by atoms with van der Waals surface area (Å²) in [6, 6.07) is 12.0. The minimum atomic E-state index is 0.536. The summed E-state index contributed by atoms with van der Waals surface area (Å²) in [5, 5.41) is 4.93. The van der Waals surface area contributed by atoms with Crippen LogP contribution in [0.5, 0.6) is 0 Å². The third-order valence-corrected chi connectivity index (χ3v) is 3.35. The number of nitrogens with zero attached hydrogens (tertiary/aromatic N) is 1. The third kappa shape index (κ3) is 2.56. The normalized spacial score (nSPS) is 10.8. The molecule has 0 aliphatic carbocycles. The van der Waals surface area contributed by atoms with Gasteiger partial charge in [-0.05, 0) is 30.7 Å². The Kier molecular flexibility index (Phi) is 3.13. The maximum Gasteiger partial charge on any atom is 0.134 e. The summed E-state index contributed by atoms with van der Waals surface area (Å²) in [5.41, 5.74) is 2.79. The number of pyridine rings is 1.